The quantitative estimate of drug-likeness (QED) is 0.0136. The van der Waals surface area contributed by atoms with Gasteiger partial charge < -0.3 is 66.3 Å². The topological polar surface area (TPSA) is 324 Å². The van der Waals surface area contributed by atoms with Crippen LogP contribution in [0.1, 0.15) is 315 Å². The second-order valence-electron chi connectivity index (χ2n) is 27.4. The van der Waals surface area contributed by atoms with E-state index in [4.69, 9.17) is 46.8 Å². The molecule has 5 atom stereocenters. The first-order valence-corrected chi connectivity index (χ1v) is 41.8. The predicted octanol–water partition coefficient (Wildman–Crippen LogP) is 10.0. The Morgan fingerprint density at radius 3 is 1.26 bits per heavy atom. The Balaban J connectivity index is 0.00000107. The predicted molar refractivity (Wildman–Crippen MR) is 389 cm³/mol. The molecule has 23 nitrogen and oxygen atoms in total. The number of phosphoric acid groups is 2. The Morgan fingerprint density at radius 1 is 0.519 bits per heavy atom. The number of ether oxygens (including phenoxy) is 5. The molecular weight excluding hydrogens is 1400 g/mol. The van der Waals surface area contributed by atoms with Crippen molar-refractivity contribution < 1.29 is 154 Å². The number of unbranched alkanes of at least 4 members (excludes halogenated alkanes) is 32. The third kappa shape index (κ3) is 40.1. The standard InChI is InChI=1S/C57H110O17P2.C20H16N2O4.2Na/c1-5-9-13-17-21-25-29-33-37-41-54(59)67-47-52(73-56(61)43-39-35-31-27-23-19-15-11-7-3)49-71-75(63,64)69-45-51(58)46-70-76(65,66)72-50-53(74-57(62)44-40-36-32-28-24-20-16-12-8-4)48-68-55(60)42-38-34-30-26-22-18-14-10-6-2;1-2-20(25)14-8-16-17-12(7-11-5-3-4-6-15(11)21-17)9-22(16)18(23)13(14)10-26-19(20)24;;/h51-53,58H,5-50H2,1-4H3,(H,63,64)(H,65,66);3-8,25H,2,9-10H2,1H3;;/q;;2*+1/p-2. The van der Waals surface area contributed by atoms with Crippen molar-refractivity contribution in [2.24, 2.45) is 0 Å². The molecule has 0 spiro atoms. The van der Waals surface area contributed by atoms with Gasteiger partial charge in [-0.15, -0.1) is 0 Å². The van der Waals surface area contributed by atoms with E-state index >= 15 is 0 Å². The fraction of sp³-hybridized carbons (Fsp3) is 0.753. The number of hydrogen-bond acceptors (Lipinski definition) is 22. The zero-order valence-electron chi connectivity index (χ0n) is 64.3. The number of cyclic esters (lactones) is 1. The van der Waals surface area contributed by atoms with Gasteiger partial charge in [-0.05, 0) is 50.3 Å². The van der Waals surface area contributed by atoms with Crippen molar-refractivity contribution in [2.75, 3.05) is 39.6 Å². The summed E-state index contributed by atoms with van der Waals surface area (Å²) in [6.45, 7) is 6.37. The molecule has 0 fully saturated rings. The Bertz CT molecular complexity index is 2960. The number of rotatable bonds is 59. The summed E-state index contributed by atoms with van der Waals surface area (Å²) < 4.78 is 73.4. The van der Waals surface area contributed by atoms with Crippen molar-refractivity contribution in [3.8, 4) is 11.4 Å². The van der Waals surface area contributed by atoms with E-state index in [0.717, 1.165) is 125 Å². The first kappa shape index (κ1) is 97.1. The Kier molecular flexibility index (Phi) is 53.4. The molecule has 4 heterocycles. The van der Waals surface area contributed by atoms with Crippen molar-refractivity contribution in [3.63, 3.8) is 0 Å². The zero-order chi connectivity index (χ0) is 74.3. The van der Waals surface area contributed by atoms with Gasteiger partial charge in [-0.3, -0.25) is 33.1 Å². The first-order valence-electron chi connectivity index (χ1n) is 38.8. The molecule has 0 saturated heterocycles. The largest absolute Gasteiger partial charge is 1.00 e. The number of aromatic nitrogens is 2. The van der Waals surface area contributed by atoms with Crippen LogP contribution >= 0.6 is 15.6 Å². The van der Waals surface area contributed by atoms with Gasteiger partial charge in [-0.1, -0.05) is 258 Å². The molecule has 580 valence electrons. The molecule has 0 bridgehead atoms. The normalized spacial score (nSPS) is 15.6. The van der Waals surface area contributed by atoms with Crippen molar-refractivity contribution in [1.29, 1.82) is 0 Å². The van der Waals surface area contributed by atoms with Gasteiger partial charge in [0.2, 0.25) is 0 Å². The van der Waals surface area contributed by atoms with E-state index in [-0.39, 0.29) is 103 Å². The number of nitrogens with zero attached hydrogens (tertiary/aromatic N) is 2. The molecule has 0 radical (unpaired) electrons. The zero-order valence-corrected chi connectivity index (χ0v) is 70.1. The molecule has 3 aromatic rings. The average molecular weight is 1520 g/mol. The summed E-state index contributed by atoms with van der Waals surface area (Å²) in [5, 5.41) is 22.3. The van der Waals surface area contributed by atoms with Crippen LogP contribution in [0.5, 0.6) is 0 Å². The van der Waals surface area contributed by atoms with Crippen LogP contribution < -0.4 is 74.5 Å². The van der Waals surface area contributed by atoms with Gasteiger partial charge >= 0.3 is 89.0 Å². The minimum Gasteiger partial charge on any atom is -0.756 e. The average Bonchev–Trinajstić information content (AvgIpc) is 1.48. The van der Waals surface area contributed by atoms with Crippen molar-refractivity contribution >= 4 is 56.4 Å². The first-order chi connectivity index (χ1) is 49.2. The molecule has 2 aliphatic heterocycles. The van der Waals surface area contributed by atoms with E-state index in [1.54, 1.807) is 17.6 Å². The maximum atomic E-state index is 13.0. The summed E-state index contributed by atoms with van der Waals surface area (Å²) in [5.41, 5.74) is 1.81. The monoisotopic (exact) mass is 1520 g/mol. The molecule has 0 saturated carbocycles. The fourth-order valence-corrected chi connectivity index (χ4v) is 13.9. The van der Waals surface area contributed by atoms with Gasteiger partial charge in [0.15, 0.2) is 17.8 Å². The number of carbonyl (C=O) groups is 5. The van der Waals surface area contributed by atoms with Gasteiger partial charge in [0.1, 0.15) is 25.9 Å². The molecule has 27 heteroatoms. The van der Waals surface area contributed by atoms with Crippen LogP contribution in [0.15, 0.2) is 41.2 Å². The smallest absolute Gasteiger partial charge is 0.756 e. The molecule has 104 heavy (non-hydrogen) atoms. The molecule has 0 amide bonds. The molecule has 2 aromatic heterocycles. The fourth-order valence-electron chi connectivity index (χ4n) is 12.3. The summed E-state index contributed by atoms with van der Waals surface area (Å²) in [6.07, 6.45) is 34.4. The SMILES string of the molecule is CCC1(O)C(=O)OCc2c1cc1n(c2=O)Cc2cc3ccccc3nc2-1.CCCCCCCCCCCC(=O)OCC(COP(=O)([O-])OCC(O)COP(=O)([O-])OCC(COC(=O)CCCCCCCCCCC)OC(=O)CCCCCCCCCCC)OC(=O)CCCCCCCCCCC.[Na+].[Na+]. The number of para-hydroxylation sites is 1. The maximum Gasteiger partial charge on any atom is 1.00 e. The molecular formula is C77H124N2Na2O21P2. The number of esters is 5. The van der Waals surface area contributed by atoms with Crippen molar-refractivity contribution in [3.05, 3.63) is 63.4 Å². The van der Waals surface area contributed by atoms with Crippen LogP contribution in [0, 0.1) is 0 Å². The second kappa shape index (κ2) is 57.2. The summed E-state index contributed by atoms with van der Waals surface area (Å²) in [7, 11) is -10.4. The van der Waals surface area contributed by atoms with Gasteiger partial charge in [0.05, 0.1) is 55.4 Å². The number of aliphatic hydroxyl groups excluding tert-OH is 1. The molecule has 2 aliphatic rings. The number of pyridine rings is 2. The minimum absolute atomic E-state index is 0. The van der Waals surface area contributed by atoms with Crippen LogP contribution in [0.3, 0.4) is 0 Å². The number of benzene rings is 1. The van der Waals surface area contributed by atoms with E-state index in [1.807, 2.05) is 30.3 Å². The minimum atomic E-state index is -5.20. The van der Waals surface area contributed by atoms with Gasteiger partial charge in [-0.25, -0.2) is 9.78 Å². The Labute approximate surface area is 664 Å². The van der Waals surface area contributed by atoms with Crippen LogP contribution in [0.4, 0.5) is 0 Å². The van der Waals surface area contributed by atoms with Gasteiger partial charge in [-0.2, -0.15) is 0 Å². The number of fused-ring (bicyclic) bond motifs is 5. The number of hydrogen-bond donors (Lipinski definition) is 2. The number of phosphoric ester groups is 2. The third-order valence-corrected chi connectivity index (χ3v) is 20.4. The summed E-state index contributed by atoms with van der Waals surface area (Å²) in [5.74, 6) is -2.95. The summed E-state index contributed by atoms with van der Waals surface area (Å²) >= 11 is 0. The van der Waals surface area contributed by atoms with E-state index < -0.39 is 109 Å². The van der Waals surface area contributed by atoms with E-state index in [2.05, 4.69) is 27.7 Å². The summed E-state index contributed by atoms with van der Waals surface area (Å²) in [4.78, 5) is 106. The molecule has 5 rings (SSSR count). The van der Waals surface area contributed by atoms with E-state index in [0.29, 0.717) is 49.0 Å². The Hall–Kier alpha value is -2.93. The van der Waals surface area contributed by atoms with E-state index in [9.17, 15) is 57.9 Å². The van der Waals surface area contributed by atoms with Crippen molar-refractivity contribution in [2.45, 2.75) is 335 Å². The summed E-state index contributed by atoms with van der Waals surface area (Å²) in [6, 6.07) is 11.6. The maximum absolute atomic E-state index is 13.0. The number of carbonyl (C=O) groups excluding carboxylic acids is 5. The molecule has 1 aromatic carbocycles. The molecule has 0 aliphatic carbocycles. The van der Waals surface area contributed by atoms with Crippen LogP contribution in [0.2, 0.25) is 0 Å². The second-order valence-corrected chi connectivity index (χ2v) is 30.2. The van der Waals surface area contributed by atoms with Crippen LogP contribution in [-0.4, -0.2) is 108 Å². The van der Waals surface area contributed by atoms with E-state index in [1.165, 1.54) is 103 Å². The molecule has 5 unspecified atom stereocenters. The van der Waals surface area contributed by atoms with Crippen molar-refractivity contribution in [1.82, 2.24) is 9.55 Å². The van der Waals surface area contributed by atoms with Crippen LogP contribution in [-0.2, 0) is 93.6 Å². The van der Waals surface area contributed by atoms with Crippen LogP contribution in [0.25, 0.3) is 22.3 Å². The Morgan fingerprint density at radius 2 is 0.875 bits per heavy atom. The number of aliphatic hydroxyl groups is 2. The van der Waals surface area contributed by atoms with Gasteiger partial charge in [0, 0.05) is 42.2 Å². The van der Waals surface area contributed by atoms with Gasteiger partial charge in [0.25, 0.3) is 21.2 Å². The molecule has 2 N–H and O–H groups in total. The third-order valence-electron chi connectivity index (χ3n) is 18.5.